The minimum absolute atomic E-state index is 0.139. The SMILES string of the molecule is Cc1c(CO)cc(Cl)cc1S(=O)(=O)NCCN1CCCC1. The van der Waals surface area contributed by atoms with E-state index in [-0.39, 0.29) is 11.5 Å². The second-order valence-electron chi connectivity index (χ2n) is 5.29. The Morgan fingerprint density at radius 3 is 2.62 bits per heavy atom. The Labute approximate surface area is 131 Å². The minimum atomic E-state index is -3.61. The Balaban J connectivity index is 2.09. The van der Waals surface area contributed by atoms with Crippen molar-refractivity contribution in [3.63, 3.8) is 0 Å². The number of halogens is 1. The summed E-state index contributed by atoms with van der Waals surface area (Å²) in [5.41, 5.74) is 1.07. The van der Waals surface area contributed by atoms with Gasteiger partial charge in [0.05, 0.1) is 11.5 Å². The van der Waals surface area contributed by atoms with Crippen molar-refractivity contribution in [1.29, 1.82) is 0 Å². The van der Waals surface area contributed by atoms with Gasteiger partial charge in [0, 0.05) is 18.1 Å². The average Bonchev–Trinajstić information content (AvgIpc) is 2.93. The molecular weight excluding hydrogens is 312 g/mol. The van der Waals surface area contributed by atoms with Crippen molar-refractivity contribution in [2.75, 3.05) is 26.2 Å². The van der Waals surface area contributed by atoms with Crippen molar-refractivity contribution in [2.24, 2.45) is 0 Å². The Bertz CT molecular complexity index is 598. The molecule has 0 spiro atoms. The van der Waals surface area contributed by atoms with E-state index >= 15 is 0 Å². The first-order valence-corrected chi connectivity index (χ1v) is 8.92. The smallest absolute Gasteiger partial charge is 0.240 e. The molecule has 1 aromatic rings. The first kappa shape index (κ1) is 16.7. The van der Waals surface area contributed by atoms with Crippen molar-refractivity contribution < 1.29 is 13.5 Å². The number of hydrogen-bond acceptors (Lipinski definition) is 4. The van der Waals surface area contributed by atoms with E-state index in [1.165, 1.54) is 18.9 Å². The average molecular weight is 333 g/mol. The summed E-state index contributed by atoms with van der Waals surface area (Å²) in [6.45, 7) is 4.60. The van der Waals surface area contributed by atoms with E-state index < -0.39 is 10.0 Å². The molecule has 21 heavy (non-hydrogen) atoms. The number of rotatable bonds is 6. The van der Waals surface area contributed by atoms with Crippen LogP contribution in [0.2, 0.25) is 5.02 Å². The molecule has 0 aliphatic carbocycles. The molecule has 0 aromatic heterocycles. The van der Waals surface area contributed by atoms with Gasteiger partial charge in [0.1, 0.15) is 0 Å². The van der Waals surface area contributed by atoms with Gasteiger partial charge in [-0.3, -0.25) is 0 Å². The summed E-state index contributed by atoms with van der Waals surface area (Å²) in [7, 11) is -3.61. The van der Waals surface area contributed by atoms with E-state index in [4.69, 9.17) is 11.6 Å². The highest BCUT2D eigenvalue weighted by Crippen LogP contribution is 2.24. The van der Waals surface area contributed by atoms with Gasteiger partial charge in [0.15, 0.2) is 0 Å². The number of sulfonamides is 1. The summed E-state index contributed by atoms with van der Waals surface area (Å²) in [5.74, 6) is 0. The molecule has 0 amide bonds. The van der Waals surface area contributed by atoms with Crippen molar-refractivity contribution in [3.05, 3.63) is 28.3 Å². The lowest BCUT2D eigenvalue weighted by atomic mass is 10.1. The van der Waals surface area contributed by atoms with E-state index in [9.17, 15) is 13.5 Å². The van der Waals surface area contributed by atoms with Gasteiger partial charge < -0.3 is 10.0 Å². The summed E-state index contributed by atoms with van der Waals surface area (Å²) in [6, 6.07) is 3.01. The number of hydrogen-bond donors (Lipinski definition) is 2. The third-order valence-corrected chi connectivity index (χ3v) is 5.62. The molecule has 1 heterocycles. The van der Waals surface area contributed by atoms with Gasteiger partial charge in [-0.2, -0.15) is 0 Å². The molecular formula is C14H21ClN2O3S. The molecule has 0 saturated carbocycles. The molecule has 0 unspecified atom stereocenters. The highest BCUT2D eigenvalue weighted by molar-refractivity contribution is 7.89. The fourth-order valence-corrected chi connectivity index (χ4v) is 4.21. The van der Waals surface area contributed by atoms with Crippen molar-refractivity contribution in [1.82, 2.24) is 9.62 Å². The van der Waals surface area contributed by atoms with Gasteiger partial charge in [0.25, 0.3) is 0 Å². The number of benzene rings is 1. The lowest BCUT2D eigenvalue weighted by molar-refractivity contribution is 0.280. The molecule has 1 aromatic carbocycles. The molecule has 0 radical (unpaired) electrons. The Kier molecular flexibility index (Phi) is 5.62. The van der Waals surface area contributed by atoms with Crippen LogP contribution in [0.1, 0.15) is 24.0 Å². The van der Waals surface area contributed by atoms with Gasteiger partial charge >= 0.3 is 0 Å². The quantitative estimate of drug-likeness (QED) is 0.828. The predicted octanol–water partition coefficient (Wildman–Crippen LogP) is 1.51. The predicted molar refractivity (Wildman–Crippen MR) is 83.0 cm³/mol. The van der Waals surface area contributed by atoms with Gasteiger partial charge in [-0.05, 0) is 56.1 Å². The van der Waals surface area contributed by atoms with E-state index in [2.05, 4.69) is 9.62 Å². The fraction of sp³-hybridized carbons (Fsp3) is 0.571. The summed E-state index contributed by atoms with van der Waals surface area (Å²) >= 11 is 5.93. The molecule has 0 bridgehead atoms. The van der Waals surface area contributed by atoms with E-state index in [1.54, 1.807) is 13.0 Å². The monoisotopic (exact) mass is 332 g/mol. The van der Waals surface area contributed by atoms with Gasteiger partial charge in [-0.25, -0.2) is 13.1 Å². The van der Waals surface area contributed by atoms with Crippen LogP contribution >= 0.6 is 11.6 Å². The number of aliphatic hydroxyl groups is 1. The van der Waals surface area contributed by atoms with Crippen LogP contribution in [-0.4, -0.2) is 44.6 Å². The van der Waals surface area contributed by atoms with Crippen LogP contribution in [0.25, 0.3) is 0 Å². The molecule has 1 saturated heterocycles. The number of nitrogens with one attached hydrogen (secondary N) is 1. The third-order valence-electron chi connectivity index (χ3n) is 3.81. The van der Waals surface area contributed by atoms with Crippen LogP contribution < -0.4 is 4.72 Å². The second-order valence-corrected chi connectivity index (χ2v) is 7.46. The number of likely N-dealkylation sites (tertiary alicyclic amines) is 1. The molecule has 1 fully saturated rings. The van der Waals surface area contributed by atoms with Gasteiger partial charge in [-0.1, -0.05) is 11.6 Å². The summed E-state index contributed by atoms with van der Waals surface area (Å²) in [4.78, 5) is 2.38. The highest BCUT2D eigenvalue weighted by Gasteiger charge is 2.20. The lowest BCUT2D eigenvalue weighted by Gasteiger charge is -2.16. The third kappa shape index (κ3) is 4.17. The zero-order valence-corrected chi connectivity index (χ0v) is 13.7. The first-order valence-electron chi connectivity index (χ1n) is 7.06. The molecule has 2 N–H and O–H groups in total. The van der Waals surface area contributed by atoms with Crippen LogP contribution in [-0.2, 0) is 16.6 Å². The van der Waals surface area contributed by atoms with Crippen LogP contribution in [0.3, 0.4) is 0 Å². The van der Waals surface area contributed by atoms with Gasteiger partial charge in [0.2, 0.25) is 10.0 Å². The number of aliphatic hydroxyl groups excluding tert-OH is 1. The maximum atomic E-state index is 12.4. The maximum absolute atomic E-state index is 12.4. The fourth-order valence-electron chi connectivity index (χ4n) is 2.57. The molecule has 7 heteroatoms. The first-order chi connectivity index (χ1) is 9.94. The largest absolute Gasteiger partial charge is 0.392 e. The Morgan fingerprint density at radius 2 is 2.00 bits per heavy atom. The van der Waals surface area contributed by atoms with Crippen LogP contribution in [0.15, 0.2) is 17.0 Å². The van der Waals surface area contributed by atoms with Gasteiger partial charge in [-0.15, -0.1) is 0 Å². The molecule has 1 aliphatic heterocycles. The molecule has 0 atom stereocenters. The van der Waals surface area contributed by atoms with Crippen molar-refractivity contribution in [2.45, 2.75) is 31.3 Å². The van der Waals surface area contributed by atoms with Crippen LogP contribution in [0.5, 0.6) is 0 Å². The zero-order chi connectivity index (χ0) is 15.5. The summed E-state index contributed by atoms with van der Waals surface area (Å²) in [5, 5.41) is 9.58. The molecule has 5 nitrogen and oxygen atoms in total. The normalized spacial score (nSPS) is 16.5. The molecule has 1 aliphatic rings. The molecule has 118 valence electrons. The van der Waals surface area contributed by atoms with Crippen LogP contribution in [0.4, 0.5) is 0 Å². The Hall–Kier alpha value is -0.660. The van der Waals surface area contributed by atoms with E-state index in [0.717, 1.165) is 13.1 Å². The zero-order valence-electron chi connectivity index (χ0n) is 12.1. The van der Waals surface area contributed by atoms with Crippen molar-refractivity contribution >= 4 is 21.6 Å². The lowest BCUT2D eigenvalue weighted by Crippen LogP contribution is -2.33. The van der Waals surface area contributed by atoms with Crippen molar-refractivity contribution in [3.8, 4) is 0 Å². The maximum Gasteiger partial charge on any atom is 0.240 e. The van der Waals surface area contributed by atoms with E-state index in [0.29, 0.717) is 29.2 Å². The topological polar surface area (TPSA) is 69.6 Å². The highest BCUT2D eigenvalue weighted by atomic mass is 35.5. The standard InChI is InChI=1S/C14H21ClN2O3S/c1-11-12(10-18)8-13(15)9-14(11)21(19,20)16-4-7-17-5-2-3-6-17/h8-9,16,18H,2-7,10H2,1H3. The summed E-state index contributed by atoms with van der Waals surface area (Å²) < 4.78 is 27.4. The second kappa shape index (κ2) is 7.07. The number of nitrogens with zero attached hydrogens (tertiary/aromatic N) is 1. The van der Waals surface area contributed by atoms with E-state index in [1.807, 2.05) is 0 Å². The van der Waals surface area contributed by atoms with Crippen LogP contribution in [0, 0.1) is 6.92 Å². The minimum Gasteiger partial charge on any atom is -0.392 e. The Morgan fingerprint density at radius 1 is 1.33 bits per heavy atom. The molecule has 2 rings (SSSR count). The summed E-state index contributed by atoms with van der Waals surface area (Å²) in [6.07, 6.45) is 2.36.